The van der Waals surface area contributed by atoms with Crippen LogP contribution >= 0.6 is 48.9 Å². The second-order valence-electron chi connectivity index (χ2n) is 11.0. The summed E-state index contributed by atoms with van der Waals surface area (Å²) in [5.74, 6) is -0.827. The van der Waals surface area contributed by atoms with Crippen LogP contribution in [0.5, 0.6) is 0 Å². The molecule has 0 spiro atoms. The Morgan fingerprint density at radius 1 is 0.696 bits per heavy atom. The molecule has 2 unspecified atom stereocenters. The molecule has 292 valence electrons. The Balaban J connectivity index is 0.000000300. The number of benzene rings is 2. The fraction of sp³-hybridized carbons (Fsp3) is 0.125. The van der Waals surface area contributed by atoms with Gasteiger partial charge in [-0.2, -0.15) is 53.6 Å². The number of nitrogens with zero attached hydrogens (tertiary/aromatic N) is 4. The number of allylic oxidation sites excluding steroid dienone is 7. The summed E-state index contributed by atoms with van der Waals surface area (Å²) in [4.78, 5) is 14.2. The summed E-state index contributed by atoms with van der Waals surface area (Å²) >= 11 is 17.9. The van der Waals surface area contributed by atoms with E-state index in [1.165, 1.54) is 54.7 Å². The van der Waals surface area contributed by atoms with E-state index in [1.807, 2.05) is 5.16 Å². The van der Waals surface area contributed by atoms with Gasteiger partial charge in [0.1, 0.15) is 10.1 Å². The van der Waals surface area contributed by atoms with Crippen LogP contribution in [0.1, 0.15) is 17.5 Å². The van der Waals surface area contributed by atoms with Crippen LogP contribution in [0, 0.1) is 5.92 Å². The lowest BCUT2D eigenvalue weighted by atomic mass is 9.97. The zero-order valence-electron chi connectivity index (χ0n) is 27.7. The SMILES string of the molecule is O=S(=O)(O)C1(S(=O)(=O)O)CC(N=C=S)=CC=C1C=Cc1ccc(N=C=S)cc1.O=S(=O)(O)c1cc(N=C=S)ccc1C=CC1C=CC(N=C=S)=CC1S(=O)(=O)O. The van der Waals surface area contributed by atoms with Gasteiger partial charge >= 0.3 is 0 Å². The molecule has 0 heterocycles. The molecule has 2 aromatic rings. The fourth-order valence-electron chi connectivity index (χ4n) is 5.00. The molecule has 0 aromatic heterocycles. The van der Waals surface area contributed by atoms with E-state index < -0.39 is 67.0 Å². The number of hydrogen-bond acceptors (Lipinski definition) is 16. The molecule has 0 amide bonds. The molecule has 4 rings (SSSR count). The van der Waals surface area contributed by atoms with Crippen molar-refractivity contribution < 1.29 is 51.9 Å². The summed E-state index contributed by atoms with van der Waals surface area (Å²) in [7, 11) is -19.7. The third-order valence-electron chi connectivity index (χ3n) is 7.52. The van der Waals surface area contributed by atoms with Crippen molar-refractivity contribution in [2.24, 2.45) is 25.9 Å². The quantitative estimate of drug-likeness (QED) is 0.103. The molecule has 0 saturated carbocycles. The predicted molar refractivity (Wildman–Crippen MR) is 223 cm³/mol. The first-order valence-corrected chi connectivity index (χ1v) is 22.2. The van der Waals surface area contributed by atoms with E-state index in [-0.39, 0.29) is 28.2 Å². The minimum atomic E-state index is -5.32. The Morgan fingerprint density at radius 3 is 1.80 bits per heavy atom. The Morgan fingerprint density at radius 2 is 1.27 bits per heavy atom. The van der Waals surface area contributed by atoms with Crippen molar-refractivity contribution in [3.63, 3.8) is 0 Å². The van der Waals surface area contributed by atoms with E-state index in [4.69, 9.17) is 0 Å². The summed E-state index contributed by atoms with van der Waals surface area (Å²) in [6, 6.07) is 10.3. The normalized spacial score (nSPS) is 18.0. The lowest BCUT2D eigenvalue weighted by Gasteiger charge is -2.30. The Labute approximate surface area is 342 Å². The molecular formula is C32H24N4O12S8. The third-order valence-corrected chi connectivity index (χ3v) is 13.6. The van der Waals surface area contributed by atoms with Gasteiger partial charge in [0.15, 0.2) is 0 Å². The number of isothiocyanates is 4. The van der Waals surface area contributed by atoms with Crippen LogP contribution in [0.3, 0.4) is 0 Å². The van der Waals surface area contributed by atoms with Gasteiger partial charge in [0.2, 0.25) is 0 Å². The molecule has 0 saturated heterocycles. The number of hydrogen-bond donors (Lipinski definition) is 4. The summed E-state index contributed by atoms with van der Waals surface area (Å²) in [5.41, 5.74) is 1.10. The average molecular weight is 913 g/mol. The maximum Gasteiger partial charge on any atom is 0.295 e. The van der Waals surface area contributed by atoms with Crippen LogP contribution in [-0.4, -0.2) is 81.9 Å². The second-order valence-corrected chi connectivity index (χ2v) is 18.2. The summed E-state index contributed by atoms with van der Waals surface area (Å²) in [6.45, 7) is 0. The van der Waals surface area contributed by atoms with E-state index >= 15 is 0 Å². The van der Waals surface area contributed by atoms with Gasteiger partial charge in [0.05, 0.1) is 43.4 Å². The Bertz CT molecular complexity index is 2720. The van der Waals surface area contributed by atoms with Crippen molar-refractivity contribution in [3.05, 3.63) is 113 Å². The van der Waals surface area contributed by atoms with Gasteiger partial charge in [0, 0.05) is 12.3 Å². The van der Waals surface area contributed by atoms with Crippen LogP contribution < -0.4 is 0 Å². The highest BCUT2D eigenvalue weighted by Crippen LogP contribution is 2.42. The summed E-state index contributed by atoms with van der Waals surface area (Å²) in [6.07, 6.45) is 11.0. The van der Waals surface area contributed by atoms with Crippen molar-refractivity contribution in [1.82, 2.24) is 0 Å². The van der Waals surface area contributed by atoms with Crippen molar-refractivity contribution in [2.75, 3.05) is 0 Å². The summed E-state index contributed by atoms with van der Waals surface area (Å²) < 4.78 is 130. The smallest absolute Gasteiger partial charge is 0.285 e. The number of thiocarbonyl (C=S) groups is 4. The van der Waals surface area contributed by atoms with Crippen molar-refractivity contribution in [1.29, 1.82) is 0 Å². The van der Waals surface area contributed by atoms with E-state index in [1.54, 1.807) is 24.3 Å². The standard InChI is InChI=1S/2C16H12N2O6S4/c19-27(20,21)16(28(22,23)24)9-15(18-11-26)8-5-13(16)4-1-12-2-6-14(7-3-12)17-10-25;19-27(20,21)15-7-13(17-9-25)5-3-11(15)1-2-12-4-6-14(18-10-26)8-16(12)28(22,23)24/h1-8H,9H2,(H,19,20,21)(H,22,23,24);1-8,11,15H,(H,19,20,21)(H,22,23,24). The molecule has 0 fully saturated rings. The molecule has 0 aliphatic heterocycles. The van der Waals surface area contributed by atoms with E-state index in [0.717, 1.165) is 18.2 Å². The largest absolute Gasteiger partial charge is 0.295 e. The van der Waals surface area contributed by atoms with Crippen LogP contribution in [0.15, 0.2) is 127 Å². The zero-order chi connectivity index (χ0) is 42.0. The minimum Gasteiger partial charge on any atom is -0.285 e. The van der Waals surface area contributed by atoms with Crippen LogP contribution in [-0.2, 0) is 40.5 Å². The van der Waals surface area contributed by atoms with Gasteiger partial charge in [-0.3, -0.25) is 18.2 Å². The highest BCUT2D eigenvalue weighted by atomic mass is 32.3. The first-order chi connectivity index (χ1) is 26.1. The van der Waals surface area contributed by atoms with Crippen molar-refractivity contribution in [2.45, 2.75) is 20.6 Å². The fourth-order valence-corrected chi connectivity index (χ4v) is 9.62. The first-order valence-electron chi connectivity index (χ1n) is 14.7. The number of rotatable bonds is 12. The monoisotopic (exact) mass is 912 g/mol. The van der Waals surface area contributed by atoms with E-state index in [0.29, 0.717) is 11.3 Å². The lowest BCUT2D eigenvalue weighted by Crippen LogP contribution is -2.48. The molecule has 16 nitrogen and oxygen atoms in total. The molecule has 2 atom stereocenters. The van der Waals surface area contributed by atoms with E-state index in [2.05, 4.69) is 84.3 Å². The maximum atomic E-state index is 12.0. The highest BCUT2D eigenvalue weighted by molar-refractivity contribution is 8.05. The topological polar surface area (TPSA) is 267 Å². The lowest BCUT2D eigenvalue weighted by molar-refractivity contribution is 0.432. The zero-order valence-corrected chi connectivity index (χ0v) is 34.2. The molecule has 4 N–H and O–H groups in total. The van der Waals surface area contributed by atoms with Crippen LogP contribution in [0.2, 0.25) is 0 Å². The molecule has 2 aliphatic rings. The third kappa shape index (κ3) is 11.9. The molecule has 0 bridgehead atoms. The Kier molecular flexibility index (Phi) is 15.8. The molecule has 2 aliphatic carbocycles. The van der Waals surface area contributed by atoms with Gasteiger partial charge in [-0.1, -0.05) is 54.7 Å². The van der Waals surface area contributed by atoms with Gasteiger partial charge in [0.25, 0.3) is 44.6 Å². The van der Waals surface area contributed by atoms with Crippen molar-refractivity contribution >= 4 is 134 Å². The van der Waals surface area contributed by atoms with Gasteiger partial charge < -0.3 is 0 Å². The maximum absolute atomic E-state index is 12.0. The molecule has 24 heteroatoms. The second kappa shape index (κ2) is 19.2. The van der Waals surface area contributed by atoms with Crippen LogP contribution in [0.25, 0.3) is 12.2 Å². The predicted octanol–water partition coefficient (Wildman–Crippen LogP) is 6.33. The summed E-state index contributed by atoms with van der Waals surface area (Å²) in [5, 5.41) is 7.02. The van der Waals surface area contributed by atoms with E-state index in [9.17, 15) is 51.9 Å². The number of aliphatic imine (C=N–C) groups is 4. The van der Waals surface area contributed by atoms with Crippen LogP contribution in [0.4, 0.5) is 11.4 Å². The first kappa shape index (κ1) is 46.1. The molecular weight excluding hydrogens is 889 g/mol. The van der Waals surface area contributed by atoms with Gasteiger partial charge in [-0.25, -0.2) is 0 Å². The average Bonchev–Trinajstić information content (AvgIpc) is 3.10. The Hall–Kier alpha value is -4.28. The van der Waals surface area contributed by atoms with Gasteiger partial charge in [-0.05, 0) is 108 Å². The van der Waals surface area contributed by atoms with Gasteiger partial charge in [-0.15, -0.1) is 0 Å². The minimum absolute atomic E-state index is 0.0833. The molecule has 56 heavy (non-hydrogen) atoms. The van der Waals surface area contributed by atoms with Crippen molar-refractivity contribution in [3.8, 4) is 0 Å². The highest BCUT2D eigenvalue weighted by Gasteiger charge is 2.58. The molecule has 0 radical (unpaired) electrons. The molecule has 2 aromatic carbocycles.